The molecule has 0 saturated carbocycles. The van der Waals surface area contributed by atoms with Crippen LogP contribution in [0.2, 0.25) is 5.02 Å². The molecule has 0 fully saturated rings. The van der Waals surface area contributed by atoms with E-state index in [1.807, 2.05) is 0 Å². The van der Waals surface area contributed by atoms with Crippen LogP contribution >= 0.6 is 11.6 Å². The van der Waals surface area contributed by atoms with Gasteiger partial charge in [-0.3, -0.25) is 4.79 Å². The quantitative estimate of drug-likeness (QED) is 0.912. The lowest BCUT2D eigenvalue weighted by Gasteiger charge is -2.07. The van der Waals surface area contributed by atoms with E-state index in [-0.39, 0.29) is 16.3 Å². The third kappa shape index (κ3) is 4.13. The van der Waals surface area contributed by atoms with E-state index in [2.05, 4.69) is 10.1 Å². The molecule has 0 spiro atoms. The number of benzene rings is 2. The molecule has 3 nitrogen and oxygen atoms in total. The molecular weight excluding hydrogens is 307 g/mol. The normalized spacial score (nSPS) is 10.5. The minimum absolute atomic E-state index is 0.0497. The number of anilines is 1. The van der Waals surface area contributed by atoms with Gasteiger partial charge in [0.15, 0.2) is 0 Å². The smallest absolute Gasteiger partial charge is 0.387 e. The fraction of sp³-hybridized carbons (Fsp3) is 0.0714. The van der Waals surface area contributed by atoms with E-state index in [0.717, 1.165) is 6.07 Å². The zero-order valence-electron chi connectivity index (χ0n) is 10.4. The van der Waals surface area contributed by atoms with Crippen molar-refractivity contribution in [2.45, 2.75) is 6.61 Å². The number of amides is 1. The van der Waals surface area contributed by atoms with Crippen molar-refractivity contribution in [3.05, 3.63) is 58.9 Å². The molecule has 1 amide bonds. The molecular formula is C14H9ClF3NO2. The first-order valence-electron chi connectivity index (χ1n) is 5.77. The Morgan fingerprint density at radius 1 is 1.14 bits per heavy atom. The van der Waals surface area contributed by atoms with Crippen molar-refractivity contribution in [3.8, 4) is 5.75 Å². The van der Waals surface area contributed by atoms with Gasteiger partial charge in [0.05, 0.1) is 5.02 Å². The van der Waals surface area contributed by atoms with Gasteiger partial charge in [-0.15, -0.1) is 0 Å². The second kappa shape index (κ2) is 6.49. The van der Waals surface area contributed by atoms with Crippen molar-refractivity contribution in [1.82, 2.24) is 0 Å². The summed E-state index contributed by atoms with van der Waals surface area (Å²) in [5.41, 5.74) is 0.552. The lowest BCUT2D eigenvalue weighted by Crippen LogP contribution is -2.12. The monoisotopic (exact) mass is 315 g/mol. The van der Waals surface area contributed by atoms with Crippen LogP contribution in [-0.2, 0) is 0 Å². The highest BCUT2D eigenvalue weighted by Gasteiger charge is 2.09. The van der Waals surface area contributed by atoms with Crippen LogP contribution in [0, 0.1) is 5.82 Å². The fourth-order valence-electron chi connectivity index (χ4n) is 1.56. The van der Waals surface area contributed by atoms with Crippen LogP contribution in [0.3, 0.4) is 0 Å². The molecule has 2 rings (SSSR count). The Bertz CT molecular complexity index is 647. The molecule has 0 aliphatic heterocycles. The molecule has 2 aromatic rings. The lowest BCUT2D eigenvalue weighted by atomic mass is 10.2. The first kappa shape index (κ1) is 15.2. The van der Waals surface area contributed by atoms with Crippen LogP contribution in [0.4, 0.5) is 18.9 Å². The maximum atomic E-state index is 13.0. The molecule has 2 aromatic carbocycles. The fourth-order valence-corrected chi connectivity index (χ4v) is 1.75. The Morgan fingerprint density at radius 3 is 2.38 bits per heavy atom. The van der Waals surface area contributed by atoms with Crippen molar-refractivity contribution < 1.29 is 22.7 Å². The Labute approximate surface area is 123 Å². The number of rotatable bonds is 4. The third-order valence-electron chi connectivity index (χ3n) is 2.52. The summed E-state index contributed by atoms with van der Waals surface area (Å²) in [6.45, 7) is -2.92. The number of hydrogen-bond acceptors (Lipinski definition) is 2. The van der Waals surface area contributed by atoms with Gasteiger partial charge in [0.2, 0.25) is 0 Å². The van der Waals surface area contributed by atoms with Gasteiger partial charge in [0.1, 0.15) is 11.6 Å². The minimum Gasteiger partial charge on any atom is -0.435 e. The first-order chi connectivity index (χ1) is 9.95. The molecule has 7 heteroatoms. The summed E-state index contributed by atoms with van der Waals surface area (Å²) in [6.07, 6.45) is 0. The van der Waals surface area contributed by atoms with Gasteiger partial charge in [0, 0.05) is 11.3 Å². The molecule has 0 bridgehead atoms. The number of alkyl halides is 2. The molecule has 21 heavy (non-hydrogen) atoms. The highest BCUT2D eigenvalue weighted by molar-refractivity contribution is 6.31. The second-order valence-corrected chi connectivity index (χ2v) is 4.39. The predicted octanol–water partition coefficient (Wildman–Crippen LogP) is 4.33. The zero-order valence-corrected chi connectivity index (χ0v) is 11.2. The summed E-state index contributed by atoms with van der Waals surface area (Å²) in [4.78, 5) is 11.9. The Morgan fingerprint density at radius 2 is 1.81 bits per heavy atom. The summed E-state index contributed by atoms with van der Waals surface area (Å²) >= 11 is 5.60. The number of halogens is 4. The molecule has 0 radical (unpaired) electrons. The van der Waals surface area contributed by atoms with Crippen LogP contribution in [0.25, 0.3) is 0 Å². The van der Waals surface area contributed by atoms with Gasteiger partial charge >= 0.3 is 6.61 Å². The number of nitrogens with one attached hydrogen (secondary N) is 1. The van der Waals surface area contributed by atoms with Gasteiger partial charge in [-0.05, 0) is 42.5 Å². The molecule has 0 aromatic heterocycles. The van der Waals surface area contributed by atoms with E-state index in [9.17, 15) is 18.0 Å². The average Bonchev–Trinajstić information content (AvgIpc) is 2.43. The van der Waals surface area contributed by atoms with Crippen molar-refractivity contribution >= 4 is 23.2 Å². The lowest BCUT2D eigenvalue weighted by molar-refractivity contribution is -0.0498. The Balaban J connectivity index is 2.07. The Hall–Kier alpha value is -2.21. The molecule has 0 saturated heterocycles. The van der Waals surface area contributed by atoms with Crippen LogP contribution in [0.5, 0.6) is 5.75 Å². The van der Waals surface area contributed by atoms with Gasteiger partial charge in [-0.25, -0.2) is 4.39 Å². The number of ether oxygens (including phenoxy) is 1. The van der Waals surface area contributed by atoms with Crippen LogP contribution < -0.4 is 10.1 Å². The van der Waals surface area contributed by atoms with E-state index < -0.39 is 18.3 Å². The molecule has 0 aliphatic carbocycles. The SMILES string of the molecule is O=C(Nc1ccc(F)c(Cl)c1)c1ccc(OC(F)F)cc1. The molecule has 0 unspecified atom stereocenters. The van der Waals surface area contributed by atoms with Crippen LogP contribution in [-0.4, -0.2) is 12.5 Å². The van der Waals surface area contributed by atoms with E-state index in [1.165, 1.54) is 36.4 Å². The molecule has 110 valence electrons. The summed E-state index contributed by atoms with van der Waals surface area (Å²) in [7, 11) is 0. The van der Waals surface area contributed by atoms with E-state index in [0.29, 0.717) is 5.69 Å². The van der Waals surface area contributed by atoms with Gasteiger partial charge in [0.25, 0.3) is 5.91 Å². The van der Waals surface area contributed by atoms with Gasteiger partial charge in [-0.2, -0.15) is 8.78 Å². The third-order valence-corrected chi connectivity index (χ3v) is 2.81. The van der Waals surface area contributed by atoms with Gasteiger partial charge < -0.3 is 10.1 Å². The largest absolute Gasteiger partial charge is 0.435 e. The highest BCUT2D eigenvalue weighted by Crippen LogP contribution is 2.20. The maximum absolute atomic E-state index is 13.0. The molecule has 0 aliphatic rings. The maximum Gasteiger partial charge on any atom is 0.387 e. The van der Waals surface area contributed by atoms with Crippen LogP contribution in [0.15, 0.2) is 42.5 Å². The summed E-state index contributed by atoms with van der Waals surface area (Å²) in [5, 5.41) is 2.39. The predicted molar refractivity (Wildman–Crippen MR) is 72.4 cm³/mol. The second-order valence-electron chi connectivity index (χ2n) is 3.99. The number of carbonyl (C=O) groups excluding carboxylic acids is 1. The number of carbonyl (C=O) groups is 1. The minimum atomic E-state index is -2.92. The first-order valence-corrected chi connectivity index (χ1v) is 6.15. The Kier molecular flexibility index (Phi) is 4.70. The summed E-state index contributed by atoms with van der Waals surface area (Å²) in [5.74, 6) is -1.13. The highest BCUT2D eigenvalue weighted by atomic mass is 35.5. The van der Waals surface area contributed by atoms with E-state index in [4.69, 9.17) is 11.6 Å². The van der Waals surface area contributed by atoms with Crippen LogP contribution in [0.1, 0.15) is 10.4 Å². The van der Waals surface area contributed by atoms with E-state index >= 15 is 0 Å². The topological polar surface area (TPSA) is 38.3 Å². The average molecular weight is 316 g/mol. The van der Waals surface area contributed by atoms with Crippen molar-refractivity contribution in [3.63, 3.8) is 0 Å². The van der Waals surface area contributed by atoms with Crippen molar-refractivity contribution in [2.75, 3.05) is 5.32 Å². The van der Waals surface area contributed by atoms with Gasteiger partial charge in [-0.1, -0.05) is 11.6 Å². The number of hydrogen-bond donors (Lipinski definition) is 1. The molecule has 0 atom stereocenters. The van der Waals surface area contributed by atoms with Crippen molar-refractivity contribution in [2.24, 2.45) is 0 Å². The molecule has 1 N–H and O–H groups in total. The standard InChI is InChI=1S/C14H9ClF3NO2/c15-11-7-9(3-6-12(11)16)19-13(20)8-1-4-10(5-2-8)21-14(17)18/h1-7,14H,(H,19,20). The summed E-state index contributed by atoms with van der Waals surface area (Å²) < 4.78 is 41.1. The van der Waals surface area contributed by atoms with E-state index in [1.54, 1.807) is 0 Å². The zero-order chi connectivity index (χ0) is 15.4. The summed E-state index contributed by atoms with van der Waals surface area (Å²) in [6, 6.07) is 8.90. The molecule has 0 heterocycles. The van der Waals surface area contributed by atoms with Crippen molar-refractivity contribution in [1.29, 1.82) is 0 Å².